The number of nitrogens with one attached hydrogen (secondary N) is 2. The highest BCUT2D eigenvalue weighted by Crippen LogP contribution is 2.32. The van der Waals surface area contributed by atoms with Gasteiger partial charge in [0.25, 0.3) is 5.56 Å². The van der Waals surface area contributed by atoms with Crippen molar-refractivity contribution in [2.75, 3.05) is 0 Å². The van der Waals surface area contributed by atoms with Crippen LogP contribution in [0.2, 0.25) is 5.02 Å². The molecule has 3 heterocycles. The second-order valence-electron chi connectivity index (χ2n) is 3.18. The number of hydrogen-bond acceptors (Lipinski definition) is 4. The van der Waals surface area contributed by atoms with Gasteiger partial charge in [-0.25, -0.2) is 4.79 Å². The van der Waals surface area contributed by atoms with Crippen LogP contribution in [0.5, 0.6) is 0 Å². The molecule has 0 saturated heterocycles. The summed E-state index contributed by atoms with van der Waals surface area (Å²) in [6.45, 7) is 0. The van der Waals surface area contributed by atoms with E-state index < -0.39 is 11.2 Å². The molecule has 0 bridgehead atoms. The van der Waals surface area contributed by atoms with E-state index >= 15 is 0 Å². The lowest BCUT2D eigenvalue weighted by atomic mass is 10.3. The highest BCUT2D eigenvalue weighted by atomic mass is 35.5. The van der Waals surface area contributed by atoms with E-state index in [1.807, 2.05) is 0 Å². The van der Waals surface area contributed by atoms with Crippen molar-refractivity contribution >= 4 is 43.4 Å². The number of aromatic nitrogens is 3. The summed E-state index contributed by atoms with van der Waals surface area (Å²) in [4.78, 5) is 31.5. The Bertz CT molecular complexity index is 817. The molecule has 0 spiro atoms. The summed E-state index contributed by atoms with van der Waals surface area (Å²) in [6.07, 6.45) is 1.54. The minimum absolute atomic E-state index is 0.419. The van der Waals surface area contributed by atoms with Crippen molar-refractivity contribution in [2.24, 2.45) is 0 Å². The standard InChI is InChI=1S/C9H4ClN3O2S/c10-3-1-2-11-4-5-7(16-6(3)4)8(14)13-9(15)12-5/h1-2H,(H2,12,13,14,15). The number of H-pyrrole nitrogens is 2. The molecule has 0 aromatic carbocycles. The van der Waals surface area contributed by atoms with Gasteiger partial charge >= 0.3 is 5.69 Å². The van der Waals surface area contributed by atoms with Gasteiger partial charge < -0.3 is 4.98 Å². The van der Waals surface area contributed by atoms with Crippen molar-refractivity contribution in [3.05, 3.63) is 38.1 Å². The van der Waals surface area contributed by atoms with Crippen molar-refractivity contribution in [1.82, 2.24) is 15.0 Å². The van der Waals surface area contributed by atoms with Crippen LogP contribution in [0.3, 0.4) is 0 Å². The summed E-state index contributed by atoms with van der Waals surface area (Å²) >= 11 is 7.20. The highest BCUT2D eigenvalue weighted by molar-refractivity contribution is 7.26. The number of rotatable bonds is 0. The zero-order valence-electron chi connectivity index (χ0n) is 7.70. The summed E-state index contributed by atoms with van der Waals surface area (Å²) in [5.74, 6) is 0. The van der Waals surface area contributed by atoms with E-state index in [0.29, 0.717) is 25.5 Å². The molecule has 16 heavy (non-hydrogen) atoms. The Labute approximate surface area is 96.7 Å². The van der Waals surface area contributed by atoms with Crippen molar-refractivity contribution in [3.63, 3.8) is 0 Å². The summed E-state index contributed by atoms with van der Waals surface area (Å²) in [5.41, 5.74) is 0.0312. The minimum Gasteiger partial charge on any atom is -0.304 e. The molecule has 0 aliphatic carbocycles. The number of thiophene rings is 1. The molecule has 5 nitrogen and oxygen atoms in total. The normalized spacial score (nSPS) is 11.3. The van der Waals surface area contributed by atoms with Gasteiger partial charge in [-0.3, -0.25) is 14.8 Å². The fourth-order valence-corrected chi connectivity index (χ4v) is 2.82. The van der Waals surface area contributed by atoms with Gasteiger partial charge in [0.15, 0.2) is 0 Å². The Hall–Kier alpha value is -1.66. The SMILES string of the molecule is O=c1[nH]c(=O)c2sc3c(Cl)ccnc3c2[nH]1. The van der Waals surface area contributed by atoms with Crippen LogP contribution in [-0.2, 0) is 0 Å². The first-order valence-electron chi connectivity index (χ1n) is 4.36. The summed E-state index contributed by atoms with van der Waals surface area (Å²) < 4.78 is 1.13. The Morgan fingerprint density at radius 3 is 2.88 bits per heavy atom. The number of aromatic amines is 2. The molecule has 0 aliphatic heterocycles. The number of halogens is 1. The molecule has 0 amide bonds. The summed E-state index contributed by atoms with van der Waals surface area (Å²) in [7, 11) is 0. The van der Waals surface area contributed by atoms with Gasteiger partial charge in [0.1, 0.15) is 10.2 Å². The second kappa shape index (κ2) is 3.16. The Morgan fingerprint density at radius 1 is 1.25 bits per heavy atom. The third kappa shape index (κ3) is 1.20. The van der Waals surface area contributed by atoms with Crippen LogP contribution >= 0.6 is 22.9 Å². The van der Waals surface area contributed by atoms with Gasteiger partial charge in [0.2, 0.25) is 0 Å². The molecule has 7 heteroatoms. The third-order valence-corrected chi connectivity index (χ3v) is 3.83. The highest BCUT2D eigenvalue weighted by Gasteiger charge is 2.12. The van der Waals surface area contributed by atoms with Gasteiger partial charge in [-0.2, -0.15) is 0 Å². The quantitative estimate of drug-likeness (QED) is 0.637. The lowest BCUT2D eigenvalue weighted by Crippen LogP contribution is -2.20. The van der Waals surface area contributed by atoms with Gasteiger partial charge in [0.05, 0.1) is 15.2 Å². The molecule has 3 aromatic rings. The zero-order valence-corrected chi connectivity index (χ0v) is 9.28. The van der Waals surface area contributed by atoms with Gasteiger partial charge in [0, 0.05) is 6.20 Å². The van der Waals surface area contributed by atoms with Crippen molar-refractivity contribution in [2.45, 2.75) is 0 Å². The fraction of sp³-hybridized carbons (Fsp3) is 0. The monoisotopic (exact) mass is 253 g/mol. The number of pyridine rings is 1. The molecule has 0 atom stereocenters. The van der Waals surface area contributed by atoms with Crippen molar-refractivity contribution in [1.29, 1.82) is 0 Å². The van der Waals surface area contributed by atoms with E-state index in [1.54, 1.807) is 6.07 Å². The van der Waals surface area contributed by atoms with Gasteiger partial charge in [-0.05, 0) is 6.07 Å². The first kappa shape index (κ1) is 9.56. The maximum absolute atomic E-state index is 11.5. The molecule has 3 aromatic heterocycles. The zero-order chi connectivity index (χ0) is 11.3. The topological polar surface area (TPSA) is 78.6 Å². The smallest absolute Gasteiger partial charge is 0.304 e. The Kier molecular flexibility index (Phi) is 1.89. The van der Waals surface area contributed by atoms with E-state index in [0.717, 1.165) is 0 Å². The first-order chi connectivity index (χ1) is 7.66. The predicted molar refractivity (Wildman–Crippen MR) is 63.4 cm³/mol. The van der Waals surface area contributed by atoms with Crippen LogP contribution < -0.4 is 11.2 Å². The second-order valence-corrected chi connectivity index (χ2v) is 4.61. The fourth-order valence-electron chi connectivity index (χ4n) is 1.54. The molecule has 2 N–H and O–H groups in total. The van der Waals surface area contributed by atoms with Crippen LogP contribution in [0, 0.1) is 0 Å². The molecule has 80 valence electrons. The molecule has 3 rings (SSSR count). The van der Waals surface area contributed by atoms with Crippen LogP contribution in [0.25, 0.3) is 20.4 Å². The molecule has 0 fully saturated rings. The molecule has 0 radical (unpaired) electrons. The average molecular weight is 254 g/mol. The molecular weight excluding hydrogens is 250 g/mol. The van der Waals surface area contributed by atoms with E-state index in [9.17, 15) is 9.59 Å². The average Bonchev–Trinajstić information content (AvgIpc) is 2.59. The third-order valence-electron chi connectivity index (χ3n) is 2.20. The van der Waals surface area contributed by atoms with E-state index in [2.05, 4.69) is 15.0 Å². The summed E-state index contributed by atoms with van der Waals surface area (Å²) in [6, 6.07) is 1.64. The largest absolute Gasteiger partial charge is 0.326 e. The van der Waals surface area contributed by atoms with Gasteiger partial charge in [-0.1, -0.05) is 11.6 Å². The minimum atomic E-state index is -0.543. The molecule has 0 aliphatic rings. The predicted octanol–water partition coefficient (Wildman–Crippen LogP) is 1.48. The van der Waals surface area contributed by atoms with Crippen LogP contribution in [0.1, 0.15) is 0 Å². The Morgan fingerprint density at radius 2 is 2.06 bits per heavy atom. The Balaban J connectivity index is 2.72. The number of fused-ring (bicyclic) bond motifs is 3. The molecule has 0 unspecified atom stereocenters. The van der Waals surface area contributed by atoms with Crippen LogP contribution in [-0.4, -0.2) is 15.0 Å². The van der Waals surface area contributed by atoms with E-state index in [4.69, 9.17) is 11.6 Å². The van der Waals surface area contributed by atoms with Crippen LogP contribution in [0.15, 0.2) is 21.9 Å². The van der Waals surface area contributed by atoms with E-state index in [1.165, 1.54) is 17.5 Å². The maximum Gasteiger partial charge on any atom is 0.326 e. The summed E-state index contributed by atoms with van der Waals surface area (Å²) in [5, 5.41) is 0.520. The lowest BCUT2D eigenvalue weighted by Gasteiger charge is -1.91. The van der Waals surface area contributed by atoms with Crippen molar-refractivity contribution < 1.29 is 0 Å². The molecule has 0 saturated carbocycles. The number of hydrogen-bond donors (Lipinski definition) is 2. The maximum atomic E-state index is 11.5. The lowest BCUT2D eigenvalue weighted by molar-refractivity contribution is 1.09. The van der Waals surface area contributed by atoms with Crippen molar-refractivity contribution in [3.8, 4) is 0 Å². The first-order valence-corrected chi connectivity index (χ1v) is 5.55. The van der Waals surface area contributed by atoms with E-state index in [-0.39, 0.29) is 0 Å². The number of nitrogens with zero attached hydrogens (tertiary/aromatic N) is 1. The van der Waals surface area contributed by atoms with Gasteiger partial charge in [-0.15, -0.1) is 11.3 Å². The molecular formula is C9H4ClN3O2S. The van der Waals surface area contributed by atoms with Crippen LogP contribution in [0.4, 0.5) is 0 Å².